The summed E-state index contributed by atoms with van der Waals surface area (Å²) in [5.41, 5.74) is 5.61. The summed E-state index contributed by atoms with van der Waals surface area (Å²) in [7, 11) is 0. The first-order valence-corrected chi connectivity index (χ1v) is 7.77. The lowest BCUT2D eigenvalue weighted by Crippen LogP contribution is -2.30. The van der Waals surface area contributed by atoms with Crippen LogP contribution in [0, 0.1) is 24.0 Å². The average Bonchev–Trinajstić information content (AvgIpc) is 3.04. The second-order valence-electron chi connectivity index (χ2n) is 5.52. The number of aromatic nitrogens is 3. The molecule has 2 heterocycles. The summed E-state index contributed by atoms with van der Waals surface area (Å²) in [6.07, 6.45) is 1.12. The Morgan fingerprint density at radius 2 is 1.93 bits per heavy atom. The number of rotatable bonds is 6. The van der Waals surface area contributed by atoms with Gasteiger partial charge in [0.2, 0.25) is 11.6 Å². The summed E-state index contributed by atoms with van der Waals surface area (Å²) in [4.78, 5) is 30.8. The number of amides is 1. The van der Waals surface area contributed by atoms with E-state index in [0.717, 1.165) is 11.9 Å². The third-order valence-electron chi connectivity index (χ3n) is 3.56. The Hall–Kier alpha value is -4.02. The largest absolute Gasteiger partial charge is 0.360 e. The van der Waals surface area contributed by atoms with Gasteiger partial charge in [0.25, 0.3) is 5.91 Å². The first-order chi connectivity index (χ1) is 13.0. The van der Waals surface area contributed by atoms with Crippen molar-refractivity contribution in [3.8, 4) is 0 Å². The van der Waals surface area contributed by atoms with Crippen LogP contribution in [0.15, 0.2) is 41.2 Å². The van der Waals surface area contributed by atoms with E-state index in [2.05, 4.69) is 31.3 Å². The van der Waals surface area contributed by atoms with Crippen molar-refractivity contribution in [2.45, 2.75) is 13.8 Å². The lowest BCUT2D eigenvalue weighted by molar-refractivity contribution is -0.383. The van der Waals surface area contributed by atoms with Crippen LogP contribution in [-0.4, -0.2) is 26.0 Å². The summed E-state index contributed by atoms with van der Waals surface area (Å²) in [6, 6.07) is 8.50. The van der Waals surface area contributed by atoms with Gasteiger partial charge in [0.15, 0.2) is 5.82 Å². The van der Waals surface area contributed by atoms with Gasteiger partial charge in [0.05, 0.1) is 4.92 Å². The molecule has 3 aromatic rings. The number of nitrogens with zero attached hydrogens (tertiary/aromatic N) is 4. The topological polar surface area (TPSA) is 148 Å². The molecule has 0 fully saturated rings. The highest BCUT2D eigenvalue weighted by atomic mass is 16.6. The predicted octanol–water partition coefficient (Wildman–Crippen LogP) is 2.49. The number of nitrogens with one attached hydrogen (secondary N) is 3. The van der Waals surface area contributed by atoms with Crippen LogP contribution in [0.25, 0.3) is 0 Å². The minimum absolute atomic E-state index is 0.101. The van der Waals surface area contributed by atoms with Crippen LogP contribution in [-0.2, 0) is 0 Å². The zero-order valence-electron chi connectivity index (χ0n) is 14.4. The molecule has 0 saturated carbocycles. The minimum atomic E-state index is -0.669. The Morgan fingerprint density at radius 1 is 1.19 bits per heavy atom. The maximum Gasteiger partial charge on any atom is 0.355 e. The molecule has 1 amide bonds. The molecule has 0 aliphatic carbocycles. The second-order valence-corrected chi connectivity index (χ2v) is 5.52. The van der Waals surface area contributed by atoms with Crippen molar-refractivity contribution in [2.75, 3.05) is 10.7 Å². The van der Waals surface area contributed by atoms with Gasteiger partial charge in [0, 0.05) is 11.6 Å². The highest BCUT2D eigenvalue weighted by Gasteiger charge is 2.24. The van der Waals surface area contributed by atoms with Gasteiger partial charge in [-0.15, -0.1) is 0 Å². The highest BCUT2D eigenvalue weighted by Crippen LogP contribution is 2.30. The molecule has 0 atom stereocenters. The number of carbonyl (C=O) groups is 1. The van der Waals surface area contributed by atoms with Crippen LogP contribution in [0.4, 0.5) is 23.1 Å². The van der Waals surface area contributed by atoms with Crippen LogP contribution in [0.1, 0.15) is 21.7 Å². The standard InChI is InChI=1S/C16H15N7O4/c1-9-5-3-4-6-11(9)16(24)21-20-15-13(23(25)26)14(17-8-18-15)19-12-7-10(2)27-22-12/h3-8H,1-2H3,(H,21,24)(H2,17,18,19,20,22). The molecule has 1 aromatic carbocycles. The van der Waals surface area contributed by atoms with Crippen molar-refractivity contribution in [1.29, 1.82) is 0 Å². The molecule has 2 aromatic heterocycles. The monoisotopic (exact) mass is 369 g/mol. The fourth-order valence-electron chi connectivity index (χ4n) is 2.29. The van der Waals surface area contributed by atoms with E-state index < -0.39 is 16.5 Å². The number of hydrogen-bond acceptors (Lipinski definition) is 9. The van der Waals surface area contributed by atoms with Gasteiger partial charge in [-0.25, -0.2) is 9.97 Å². The van der Waals surface area contributed by atoms with Crippen LogP contribution in [0.2, 0.25) is 0 Å². The fourth-order valence-corrected chi connectivity index (χ4v) is 2.29. The summed E-state index contributed by atoms with van der Waals surface area (Å²) < 4.78 is 4.91. The zero-order chi connectivity index (χ0) is 19.4. The Kier molecular flexibility index (Phi) is 4.92. The van der Waals surface area contributed by atoms with Crippen molar-refractivity contribution in [2.24, 2.45) is 0 Å². The molecular weight excluding hydrogens is 354 g/mol. The molecule has 0 spiro atoms. The van der Waals surface area contributed by atoms with Crippen molar-refractivity contribution in [3.05, 3.63) is 63.7 Å². The molecule has 11 nitrogen and oxygen atoms in total. The van der Waals surface area contributed by atoms with Gasteiger partial charge in [-0.2, -0.15) is 0 Å². The number of hydrogen-bond donors (Lipinski definition) is 3. The van der Waals surface area contributed by atoms with Crippen molar-refractivity contribution in [1.82, 2.24) is 20.6 Å². The van der Waals surface area contributed by atoms with Gasteiger partial charge >= 0.3 is 5.69 Å². The number of anilines is 3. The third-order valence-corrected chi connectivity index (χ3v) is 3.56. The van der Waals surface area contributed by atoms with E-state index in [0.29, 0.717) is 11.3 Å². The van der Waals surface area contributed by atoms with Gasteiger partial charge < -0.3 is 9.84 Å². The summed E-state index contributed by atoms with van der Waals surface area (Å²) in [5.74, 6) is 0.0421. The number of nitro groups is 1. The number of aryl methyl sites for hydroxylation is 2. The van der Waals surface area contributed by atoms with E-state index in [1.165, 1.54) is 0 Å². The summed E-state index contributed by atoms with van der Waals surface area (Å²) in [5, 5.41) is 17.9. The molecule has 0 aliphatic rings. The van der Waals surface area contributed by atoms with Crippen molar-refractivity contribution < 1.29 is 14.2 Å². The number of carbonyl (C=O) groups excluding carboxylic acids is 1. The first kappa shape index (κ1) is 17.8. The summed E-state index contributed by atoms with van der Waals surface area (Å²) in [6.45, 7) is 3.46. The minimum Gasteiger partial charge on any atom is -0.360 e. The molecule has 27 heavy (non-hydrogen) atoms. The maximum absolute atomic E-state index is 12.3. The molecule has 11 heteroatoms. The molecular formula is C16H15N7O4. The van der Waals surface area contributed by atoms with Crippen molar-refractivity contribution in [3.63, 3.8) is 0 Å². The van der Waals surface area contributed by atoms with E-state index in [1.807, 2.05) is 0 Å². The van der Waals surface area contributed by atoms with E-state index in [9.17, 15) is 14.9 Å². The zero-order valence-corrected chi connectivity index (χ0v) is 14.4. The third kappa shape index (κ3) is 3.98. The Labute approximate surface area is 152 Å². The smallest absolute Gasteiger partial charge is 0.355 e. The lowest BCUT2D eigenvalue weighted by Gasteiger charge is -2.11. The maximum atomic E-state index is 12.3. The summed E-state index contributed by atoms with van der Waals surface area (Å²) >= 11 is 0. The normalized spacial score (nSPS) is 10.3. The molecule has 3 rings (SSSR count). The predicted molar refractivity (Wildman–Crippen MR) is 95.5 cm³/mol. The number of hydrazine groups is 1. The average molecular weight is 369 g/mol. The Balaban J connectivity index is 1.83. The lowest BCUT2D eigenvalue weighted by atomic mass is 10.1. The van der Waals surface area contributed by atoms with Crippen LogP contribution < -0.4 is 16.2 Å². The van der Waals surface area contributed by atoms with E-state index in [1.54, 1.807) is 44.2 Å². The first-order valence-electron chi connectivity index (χ1n) is 7.77. The van der Waals surface area contributed by atoms with Crippen molar-refractivity contribution >= 4 is 29.0 Å². The Bertz CT molecular complexity index is 1000. The van der Waals surface area contributed by atoms with Crippen LogP contribution in [0.5, 0.6) is 0 Å². The van der Waals surface area contributed by atoms with Gasteiger partial charge in [0.1, 0.15) is 12.1 Å². The number of benzene rings is 1. The van der Waals surface area contributed by atoms with E-state index >= 15 is 0 Å². The SMILES string of the molecule is Cc1cc(Nc2ncnc(NNC(=O)c3ccccc3C)c2[N+](=O)[O-])no1. The van der Waals surface area contributed by atoms with Crippen LogP contribution in [0.3, 0.4) is 0 Å². The molecule has 0 bridgehead atoms. The Morgan fingerprint density at radius 3 is 2.59 bits per heavy atom. The molecule has 0 radical (unpaired) electrons. The molecule has 0 unspecified atom stereocenters. The molecule has 138 valence electrons. The van der Waals surface area contributed by atoms with Crippen LogP contribution >= 0.6 is 0 Å². The van der Waals surface area contributed by atoms with Gasteiger partial charge in [-0.3, -0.25) is 25.8 Å². The van der Waals surface area contributed by atoms with Gasteiger partial charge in [-0.1, -0.05) is 23.4 Å². The highest BCUT2D eigenvalue weighted by molar-refractivity contribution is 5.96. The van der Waals surface area contributed by atoms with E-state index in [-0.39, 0.29) is 17.5 Å². The second kappa shape index (κ2) is 7.47. The molecule has 0 saturated heterocycles. The van der Waals surface area contributed by atoms with Gasteiger partial charge in [-0.05, 0) is 25.5 Å². The van der Waals surface area contributed by atoms with E-state index in [4.69, 9.17) is 4.52 Å². The molecule has 0 aliphatic heterocycles. The molecule has 3 N–H and O–H groups in total. The fraction of sp³-hybridized carbons (Fsp3) is 0.125. The quantitative estimate of drug-likeness (QED) is 0.440.